The number of hydrogen-bond donors (Lipinski definition) is 17. The zero-order valence-electron chi connectivity index (χ0n) is 59.9. The van der Waals surface area contributed by atoms with Crippen molar-refractivity contribution in [1.29, 1.82) is 0 Å². The van der Waals surface area contributed by atoms with E-state index in [-0.39, 0.29) is 75.5 Å². The van der Waals surface area contributed by atoms with Crippen molar-refractivity contribution in [3.63, 3.8) is 0 Å². The number of thioether (sulfide) groups is 2. The van der Waals surface area contributed by atoms with Crippen LogP contribution in [-0.4, -0.2) is 257 Å². The van der Waals surface area contributed by atoms with E-state index in [1.807, 2.05) is 24.3 Å². The molecule has 18 N–H and O–H groups in total. The third kappa shape index (κ3) is 28.1. The molecular formula is C67H100N14O22S2. The van der Waals surface area contributed by atoms with Crippen LogP contribution in [0.4, 0.5) is 0 Å². The van der Waals surface area contributed by atoms with Crippen molar-refractivity contribution < 1.29 is 107 Å². The third-order valence-corrected chi connectivity index (χ3v) is 18.8. The van der Waals surface area contributed by atoms with E-state index >= 15 is 0 Å². The number of rotatable bonds is 45. The van der Waals surface area contributed by atoms with Gasteiger partial charge in [-0.2, -0.15) is 23.5 Å². The number of nitrogens with one attached hydrogen (secondary N) is 11. The van der Waals surface area contributed by atoms with Gasteiger partial charge in [-0.15, -0.1) is 0 Å². The monoisotopic (exact) mass is 1520 g/mol. The summed E-state index contributed by atoms with van der Waals surface area (Å²) in [6.07, 6.45) is 1.46. The summed E-state index contributed by atoms with van der Waals surface area (Å²) in [7, 11) is 0. The first-order valence-electron chi connectivity index (χ1n) is 34.5. The summed E-state index contributed by atoms with van der Waals surface area (Å²) in [5.74, 6) is -19.1. The largest absolute Gasteiger partial charge is 0.481 e. The molecule has 2 saturated heterocycles. The number of nitrogens with two attached hydrogens (primary N) is 1. The average molecular weight is 1520 g/mol. The van der Waals surface area contributed by atoms with Crippen LogP contribution in [0.25, 0.3) is 10.9 Å². The number of carboxylic acid groups (broad SMARTS) is 5. The van der Waals surface area contributed by atoms with Gasteiger partial charge in [0, 0.05) is 49.5 Å². The number of likely N-dealkylation sites (tertiary alicyclic amines) is 2. The van der Waals surface area contributed by atoms with Crippen LogP contribution >= 0.6 is 23.5 Å². The van der Waals surface area contributed by atoms with Crippen molar-refractivity contribution in [2.75, 3.05) is 37.1 Å². The number of carboxylic acids is 5. The molecule has 105 heavy (non-hydrogen) atoms. The molecule has 2 aliphatic heterocycles. The summed E-state index contributed by atoms with van der Waals surface area (Å²) in [6, 6.07) is -11.6. The van der Waals surface area contributed by atoms with Gasteiger partial charge in [-0.05, 0) is 132 Å². The number of fused-ring (bicyclic) bond motifs is 1. The number of amides is 12. The Bertz CT molecular complexity index is 3470. The Morgan fingerprint density at radius 1 is 0.486 bits per heavy atom. The number of aromatic amines is 1. The number of benzene rings is 1. The minimum atomic E-state index is -1.77. The number of carbonyl (C=O) groups excluding carboxylic acids is 12. The van der Waals surface area contributed by atoms with Gasteiger partial charge < -0.3 is 99.2 Å². The van der Waals surface area contributed by atoms with Gasteiger partial charge in [-0.1, -0.05) is 45.9 Å². The average Bonchev–Trinajstić information content (AvgIpc) is 1.77. The lowest BCUT2D eigenvalue weighted by atomic mass is 10.0. The van der Waals surface area contributed by atoms with Gasteiger partial charge in [0.05, 0.1) is 12.5 Å². The minimum absolute atomic E-state index is 0.0360. The molecule has 0 saturated carbocycles. The van der Waals surface area contributed by atoms with Gasteiger partial charge in [0.15, 0.2) is 0 Å². The molecule has 1 aromatic heterocycles. The van der Waals surface area contributed by atoms with Crippen LogP contribution in [0.3, 0.4) is 0 Å². The van der Waals surface area contributed by atoms with E-state index in [2.05, 4.69) is 58.2 Å². The number of carbonyl (C=O) groups is 17. The summed E-state index contributed by atoms with van der Waals surface area (Å²) in [6.45, 7) is 8.90. The van der Waals surface area contributed by atoms with Crippen molar-refractivity contribution in [2.24, 2.45) is 17.6 Å². The third-order valence-electron chi connectivity index (χ3n) is 17.5. The van der Waals surface area contributed by atoms with Gasteiger partial charge in [0.25, 0.3) is 0 Å². The highest BCUT2D eigenvalue weighted by Crippen LogP contribution is 2.24. The van der Waals surface area contributed by atoms with Gasteiger partial charge in [-0.3, -0.25) is 76.7 Å². The van der Waals surface area contributed by atoms with Crippen LogP contribution in [0.5, 0.6) is 0 Å². The van der Waals surface area contributed by atoms with E-state index in [0.717, 1.165) is 21.4 Å². The lowest BCUT2D eigenvalue weighted by Crippen LogP contribution is -2.61. The molecule has 1 aromatic carbocycles. The van der Waals surface area contributed by atoms with Crippen LogP contribution in [0.1, 0.15) is 137 Å². The number of para-hydroxylation sites is 1. The highest BCUT2D eigenvalue weighted by Gasteiger charge is 2.42. The van der Waals surface area contributed by atoms with Crippen LogP contribution in [0.2, 0.25) is 0 Å². The maximum atomic E-state index is 14.4. The van der Waals surface area contributed by atoms with Crippen LogP contribution in [0.15, 0.2) is 30.5 Å². The quantitative estimate of drug-likeness (QED) is 0.0350. The van der Waals surface area contributed by atoms with E-state index in [1.54, 1.807) is 32.6 Å². The van der Waals surface area contributed by atoms with Crippen molar-refractivity contribution in [3.8, 4) is 0 Å². The maximum Gasteiger partial charge on any atom is 0.326 e. The smallest absolute Gasteiger partial charge is 0.326 e. The molecule has 0 bridgehead atoms. The Labute approximate surface area is 614 Å². The van der Waals surface area contributed by atoms with E-state index in [0.29, 0.717) is 6.42 Å². The van der Waals surface area contributed by atoms with Crippen molar-refractivity contribution in [1.82, 2.24) is 68.0 Å². The number of hydrogen-bond acceptors (Lipinski definition) is 20. The van der Waals surface area contributed by atoms with Crippen LogP contribution in [0, 0.1) is 11.8 Å². The molecule has 3 heterocycles. The molecular weight excluding hydrogens is 1420 g/mol. The fourth-order valence-corrected chi connectivity index (χ4v) is 12.8. The summed E-state index contributed by atoms with van der Waals surface area (Å²) >= 11 is 2.53. The van der Waals surface area contributed by atoms with Gasteiger partial charge in [0.2, 0.25) is 70.9 Å². The second kappa shape index (κ2) is 43.0. The van der Waals surface area contributed by atoms with Crippen molar-refractivity contribution >= 4 is 135 Å². The highest BCUT2D eigenvalue weighted by molar-refractivity contribution is 7.98. The second-order valence-electron chi connectivity index (χ2n) is 26.6. The van der Waals surface area contributed by atoms with Gasteiger partial charge in [-0.25, -0.2) is 4.79 Å². The Morgan fingerprint density at radius 2 is 0.895 bits per heavy atom. The first-order valence-corrected chi connectivity index (χ1v) is 37.3. The molecule has 582 valence electrons. The fraction of sp³-hybridized carbons (Fsp3) is 0.627. The standard InChI is InChI=1S/C67H100N14O22S2/c1-33(2)29-46(62(97)75-45(24-28-105-8)60(95)74-44(23-27-104-7)59(94)73-43(19-22-52(86)87)61(96)79-54(34(3)4)64(99)78-47(31-53(88)89)66(101)81-26-12-16-49(81)67(102)103)77-58(93)42(18-21-51(84)85)72-56(91)36(6)70-55(90)35(5)71-57(92)41(17-20-50(82)83)76-63(98)48-15-11-25-80(48)65(100)39(68)30-37-32-69-40-14-10-9-13-38(37)40/h9-10,13-14,32-36,39,41-49,54,69H,11-12,15-31,68H2,1-8H3,(H,70,90)(H,71,92)(H,72,91)(H,73,94)(H,74,95)(H,75,97)(H,76,98)(H,77,93)(H,78,99)(H,79,96)(H,82,83)(H,84,85)(H,86,87)(H,88,89)(H,102,103)/t35-,36-,39-,41-,42-,43-,44-,45-,46-,47-,48-,49-,54-/m0/s1. The highest BCUT2D eigenvalue weighted by atomic mass is 32.2. The van der Waals surface area contributed by atoms with Crippen LogP contribution in [-0.2, 0) is 87.9 Å². The number of aliphatic carboxylic acids is 5. The van der Waals surface area contributed by atoms with E-state index in [1.165, 1.54) is 56.1 Å². The number of H-pyrrole nitrogens is 1. The topological polar surface area (TPSA) is 560 Å². The second-order valence-corrected chi connectivity index (χ2v) is 28.6. The Hall–Kier alpha value is -9.59. The van der Waals surface area contributed by atoms with Gasteiger partial charge >= 0.3 is 29.8 Å². The predicted molar refractivity (Wildman–Crippen MR) is 381 cm³/mol. The minimum Gasteiger partial charge on any atom is -0.481 e. The number of aromatic nitrogens is 1. The Kier molecular flexibility index (Phi) is 36.0. The molecule has 36 nitrogen and oxygen atoms in total. The maximum absolute atomic E-state index is 14.4. The van der Waals surface area contributed by atoms with Crippen LogP contribution < -0.4 is 58.9 Å². The summed E-state index contributed by atoms with van der Waals surface area (Å²) in [5, 5.41) is 73.7. The van der Waals surface area contributed by atoms with E-state index in [4.69, 9.17) is 5.73 Å². The fourth-order valence-electron chi connectivity index (χ4n) is 11.8. The molecule has 0 spiro atoms. The van der Waals surface area contributed by atoms with Crippen molar-refractivity contribution in [3.05, 3.63) is 36.0 Å². The molecule has 0 unspecified atom stereocenters. The van der Waals surface area contributed by atoms with Gasteiger partial charge in [0.1, 0.15) is 72.5 Å². The predicted octanol–water partition coefficient (Wildman–Crippen LogP) is -1.73. The summed E-state index contributed by atoms with van der Waals surface area (Å²) in [5.41, 5.74) is 8.02. The Balaban J connectivity index is 1.46. The zero-order chi connectivity index (χ0) is 78.5. The van der Waals surface area contributed by atoms with E-state index in [9.17, 15) is 107 Å². The lowest BCUT2D eigenvalue weighted by molar-refractivity contribution is -0.151. The molecule has 12 amide bonds. The number of nitrogens with zero attached hydrogens (tertiary/aromatic N) is 2. The Morgan fingerprint density at radius 3 is 1.37 bits per heavy atom. The summed E-state index contributed by atoms with van der Waals surface area (Å²) < 4.78 is 0. The molecule has 0 radical (unpaired) electrons. The van der Waals surface area contributed by atoms with E-state index < -0.39 is 230 Å². The molecule has 2 aliphatic rings. The molecule has 0 aliphatic carbocycles. The molecule has 38 heteroatoms. The van der Waals surface area contributed by atoms with Crippen molar-refractivity contribution in [2.45, 2.75) is 216 Å². The lowest BCUT2D eigenvalue weighted by Gasteiger charge is -2.30. The first-order chi connectivity index (χ1) is 49.5. The molecule has 13 atom stereocenters. The normalized spacial score (nSPS) is 17.3. The first kappa shape index (κ1) is 87.8. The SMILES string of the molecule is CSCC[C@H](NC(=O)[C@H](CC(C)C)NC(=O)[C@H](CCC(=O)O)NC(=O)[C@H](C)NC(=O)[C@H](C)NC(=O)[C@H](CCC(=O)O)NC(=O)[C@@H]1CCCN1C(=O)[C@@H](N)Cc1c[nH]c2ccccc12)C(=O)N[C@@H](CCSC)C(=O)N[C@@H](CCC(=O)O)C(=O)N[C@H](C(=O)N[C@@H](CC(=O)O)C(=O)N1CCC[C@H]1C(=O)O)C(C)C. The molecule has 2 fully saturated rings. The zero-order valence-corrected chi connectivity index (χ0v) is 61.6. The molecule has 4 rings (SSSR count). The molecule has 2 aromatic rings. The summed E-state index contributed by atoms with van der Waals surface area (Å²) in [4.78, 5) is 232.